The Hall–Kier alpha value is -1.82. The van der Waals surface area contributed by atoms with Gasteiger partial charge in [-0.25, -0.2) is 0 Å². The van der Waals surface area contributed by atoms with E-state index in [1.54, 1.807) is 0 Å². The standard InChI is InChI=1S/C20H27N3O2S/c1-14-8-6-7-11-17(14)21-18(24)13-26-20-23-22-19(25-20)12-15(2)16-9-4-3-5-10-16/h3-5,9-10,14-15,17H,6-8,11-13H2,1-2H3,(H,21,24). The molecule has 1 N–H and O–H groups in total. The first kappa shape index (κ1) is 19.0. The molecule has 0 spiro atoms. The third-order valence-corrected chi connectivity index (χ3v) is 5.90. The molecule has 6 heteroatoms. The van der Waals surface area contributed by atoms with Gasteiger partial charge < -0.3 is 9.73 Å². The Balaban J connectivity index is 1.45. The molecule has 0 bridgehead atoms. The van der Waals surface area contributed by atoms with Crippen molar-refractivity contribution in [2.75, 3.05) is 5.75 Å². The molecule has 0 radical (unpaired) electrons. The molecule has 1 amide bonds. The smallest absolute Gasteiger partial charge is 0.277 e. The van der Waals surface area contributed by atoms with Crippen molar-refractivity contribution < 1.29 is 9.21 Å². The zero-order valence-electron chi connectivity index (χ0n) is 15.5. The number of hydrogen-bond donors (Lipinski definition) is 1. The van der Waals surface area contributed by atoms with Crippen molar-refractivity contribution in [1.82, 2.24) is 15.5 Å². The van der Waals surface area contributed by atoms with Crippen LogP contribution in [0, 0.1) is 5.92 Å². The van der Waals surface area contributed by atoms with Gasteiger partial charge in [-0.3, -0.25) is 4.79 Å². The van der Waals surface area contributed by atoms with Crippen molar-refractivity contribution in [3.05, 3.63) is 41.8 Å². The number of hydrogen-bond acceptors (Lipinski definition) is 5. The second kappa shape index (κ2) is 9.21. The van der Waals surface area contributed by atoms with Crippen LogP contribution in [-0.2, 0) is 11.2 Å². The van der Waals surface area contributed by atoms with E-state index in [-0.39, 0.29) is 5.91 Å². The van der Waals surface area contributed by atoms with Crippen molar-refractivity contribution >= 4 is 17.7 Å². The number of amides is 1. The molecule has 2 aromatic rings. The molecule has 3 unspecified atom stereocenters. The van der Waals surface area contributed by atoms with Gasteiger partial charge >= 0.3 is 0 Å². The van der Waals surface area contributed by atoms with Gasteiger partial charge in [0.25, 0.3) is 5.22 Å². The number of benzene rings is 1. The molecule has 0 aliphatic heterocycles. The van der Waals surface area contributed by atoms with Crippen LogP contribution in [0.4, 0.5) is 0 Å². The first-order chi connectivity index (χ1) is 12.6. The van der Waals surface area contributed by atoms with E-state index in [4.69, 9.17) is 4.42 Å². The van der Waals surface area contributed by atoms with Gasteiger partial charge in [0.05, 0.1) is 5.75 Å². The number of carbonyl (C=O) groups excluding carboxylic acids is 1. The fourth-order valence-corrected chi connectivity index (χ4v) is 4.04. The molecule has 1 saturated carbocycles. The summed E-state index contributed by atoms with van der Waals surface area (Å²) in [5, 5.41) is 11.8. The van der Waals surface area contributed by atoms with Gasteiger partial charge in [0, 0.05) is 12.5 Å². The van der Waals surface area contributed by atoms with Gasteiger partial charge in [-0.15, -0.1) is 10.2 Å². The molecular formula is C20H27N3O2S. The maximum Gasteiger partial charge on any atom is 0.277 e. The van der Waals surface area contributed by atoms with Crippen LogP contribution in [0.15, 0.2) is 40.0 Å². The normalized spacial score (nSPS) is 21.3. The maximum absolute atomic E-state index is 12.2. The van der Waals surface area contributed by atoms with Crippen molar-refractivity contribution in [2.24, 2.45) is 5.92 Å². The van der Waals surface area contributed by atoms with Crippen LogP contribution in [0.2, 0.25) is 0 Å². The Morgan fingerprint density at radius 3 is 2.81 bits per heavy atom. The van der Waals surface area contributed by atoms with E-state index >= 15 is 0 Å². The minimum absolute atomic E-state index is 0.0474. The van der Waals surface area contributed by atoms with Crippen LogP contribution >= 0.6 is 11.8 Å². The average Bonchev–Trinajstić information content (AvgIpc) is 3.10. The zero-order chi connectivity index (χ0) is 18.4. The molecule has 140 valence electrons. The highest BCUT2D eigenvalue weighted by molar-refractivity contribution is 7.99. The fourth-order valence-electron chi connectivity index (χ4n) is 3.45. The van der Waals surface area contributed by atoms with Gasteiger partial charge in [-0.2, -0.15) is 0 Å². The number of nitrogens with one attached hydrogen (secondary N) is 1. The van der Waals surface area contributed by atoms with Gasteiger partial charge in [-0.1, -0.05) is 68.8 Å². The summed E-state index contributed by atoms with van der Waals surface area (Å²) in [4.78, 5) is 12.2. The molecule has 1 fully saturated rings. The van der Waals surface area contributed by atoms with Gasteiger partial charge in [-0.05, 0) is 30.2 Å². The van der Waals surface area contributed by atoms with Crippen molar-refractivity contribution in [2.45, 2.75) is 63.1 Å². The SMILES string of the molecule is CC(Cc1nnc(SCC(=O)NC2CCCCC2C)o1)c1ccccc1. The molecule has 1 aromatic carbocycles. The highest BCUT2D eigenvalue weighted by Gasteiger charge is 2.23. The molecule has 0 saturated heterocycles. The Bertz CT molecular complexity index is 704. The summed E-state index contributed by atoms with van der Waals surface area (Å²) in [6.45, 7) is 4.36. The molecule has 3 atom stereocenters. The molecule has 1 aliphatic rings. The van der Waals surface area contributed by atoms with Crippen LogP contribution in [0.1, 0.15) is 56.9 Å². The van der Waals surface area contributed by atoms with Gasteiger partial charge in [0.2, 0.25) is 11.8 Å². The summed E-state index contributed by atoms with van der Waals surface area (Å²) >= 11 is 1.31. The van der Waals surface area contributed by atoms with Crippen LogP contribution in [0.25, 0.3) is 0 Å². The summed E-state index contributed by atoms with van der Waals surface area (Å²) in [6, 6.07) is 10.6. The summed E-state index contributed by atoms with van der Waals surface area (Å²) in [6.07, 6.45) is 5.46. The van der Waals surface area contributed by atoms with E-state index in [0.717, 1.165) is 6.42 Å². The Labute approximate surface area is 159 Å². The molecule has 5 nitrogen and oxygen atoms in total. The summed E-state index contributed by atoms with van der Waals surface area (Å²) in [5.74, 6) is 1.85. The number of thioether (sulfide) groups is 1. The number of aromatic nitrogens is 2. The van der Waals surface area contributed by atoms with Crippen LogP contribution in [0.3, 0.4) is 0 Å². The Morgan fingerprint density at radius 2 is 2.04 bits per heavy atom. The summed E-state index contributed by atoms with van der Waals surface area (Å²) in [7, 11) is 0. The van der Waals surface area contributed by atoms with E-state index in [0.29, 0.717) is 41.2 Å². The molecule has 3 rings (SSSR count). The lowest BCUT2D eigenvalue weighted by Crippen LogP contribution is -2.41. The first-order valence-corrected chi connectivity index (χ1v) is 10.4. The second-order valence-corrected chi connectivity index (χ2v) is 8.13. The summed E-state index contributed by atoms with van der Waals surface area (Å²) < 4.78 is 5.70. The monoisotopic (exact) mass is 373 g/mol. The van der Waals surface area contributed by atoms with Crippen molar-refractivity contribution in [3.8, 4) is 0 Å². The lowest BCUT2D eigenvalue weighted by atomic mass is 9.86. The van der Waals surface area contributed by atoms with Gasteiger partial charge in [0.1, 0.15) is 0 Å². The molecule has 26 heavy (non-hydrogen) atoms. The Morgan fingerprint density at radius 1 is 1.27 bits per heavy atom. The largest absolute Gasteiger partial charge is 0.416 e. The number of rotatable bonds is 7. The van der Waals surface area contributed by atoms with E-state index in [9.17, 15) is 4.79 Å². The third kappa shape index (κ3) is 5.34. The molecule has 1 heterocycles. The van der Waals surface area contributed by atoms with Crippen LogP contribution in [0.5, 0.6) is 0 Å². The highest BCUT2D eigenvalue weighted by atomic mass is 32.2. The zero-order valence-corrected chi connectivity index (χ0v) is 16.3. The number of carbonyl (C=O) groups is 1. The second-order valence-electron chi connectivity index (χ2n) is 7.20. The van der Waals surface area contributed by atoms with E-state index in [1.807, 2.05) is 18.2 Å². The third-order valence-electron chi connectivity index (χ3n) is 5.08. The fraction of sp³-hybridized carbons (Fsp3) is 0.550. The first-order valence-electron chi connectivity index (χ1n) is 9.41. The van der Waals surface area contributed by atoms with Crippen LogP contribution < -0.4 is 5.32 Å². The number of nitrogens with zero attached hydrogens (tertiary/aromatic N) is 2. The molecular weight excluding hydrogens is 346 g/mol. The quantitative estimate of drug-likeness (QED) is 0.737. The maximum atomic E-state index is 12.2. The van der Waals surface area contributed by atoms with Gasteiger partial charge in [0.15, 0.2) is 0 Å². The van der Waals surface area contributed by atoms with E-state index in [2.05, 4.69) is 41.5 Å². The molecule has 1 aliphatic carbocycles. The Kier molecular flexibility index (Phi) is 6.72. The topological polar surface area (TPSA) is 68.0 Å². The highest BCUT2D eigenvalue weighted by Crippen LogP contribution is 2.25. The average molecular weight is 374 g/mol. The van der Waals surface area contributed by atoms with Crippen molar-refractivity contribution in [3.63, 3.8) is 0 Å². The summed E-state index contributed by atoms with van der Waals surface area (Å²) in [5.41, 5.74) is 1.25. The van der Waals surface area contributed by atoms with E-state index < -0.39 is 0 Å². The predicted molar refractivity (Wildman–Crippen MR) is 103 cm³/mol. The predicted octanol–water partition coefficient (Wildman–Crippen LogP) is 4.20. The molecule has 1 aromatic heterocycles. The van der Waals surface area contributed by atoms with E-state index in [1.165, 1.54) is 36.6 Å². The minimum Gasteiger partial charge on any atom is -0.416 e. The van der Waals surface area contributed by atoms with Crippen molar-refractivity contribution in [1.29, 1.82) is 0 Å². The lowest BCUT2D eigenvalue weighted by Gasteiger charge is -2.29. The minimum atomic E-state index is 0.0474. The van der Waals surface area contributed by atoms with Crippen LogP contribution in [-0.4, -0.2) is 27.9 Å². The lowest BCUT2D eigenvalue weighted by molar-refractivity contribution is -0.119.